The third-order valence-electron chi connectivity index (χ3n) is 3.42. The van der Waals surface area contributed by atoms with Crippen molar-refractivity contribution in [3.63, 3.8) is 0 Å². The van der Waals surface area contributed by atoms with Gasteiger partial charge < -0.3 is 14.5 Å². The van der Waals surface area contributed by atoms with E-state index in [0.29, 0.717) is 0 Å². The molecule has 0 aliphatic heterocycles. The summed E-state index contributed by atoms with van der Waals surface area (Å²) < 4.78 is 2.95. The number of H-pyrrole nitrogens is 1. The number of rotatable bonds is 4. The van der Waals surface area contributed by atoms with E-state index in [-0.39, 0.29) is 0 Å². The van der Waals surface area contributed by atoms with Gasteiger partial charge in [0.1, 0.15) is 0 Å². The molecule has 2 aromatic rings. The van der Waals surface area contributed by atoms with Crippen molar-refractivity contribution < 1.29 is 0 Å². The van der Waals surface area contributed by atoms with Crippen LogP contribution >= 0.6 is 12.2 Å². The molecule has 2 aromatic heterocycles. The molecule has 0 atom stereocenters. The van der Waals surface area contributed by atoms with Gasteiger partial charge in [0.2, 0.25) is 0 Å². The highest BCUT2D eigenvalue weighted by molar-refractivity contribution is 7.71. The summed E-state index contributed by atoms with van der Waals surface area (Å²) >= 11 is 5.35. The lowest BCUT2D eigenvalue weighted by Crippen LogP contribution is -2.25. The van der Waals surface area contributed by atoms with Crippen LogP contribution in [0.4, 0.5) is 0 Å². The Morgan fingerprint density at radius 1 is 1.59 bits per heavy atom. The molecule has 5 heteroatoms. The predicted molar refractivity (Wildman–Crippen MR) is 70.6 cm³/mol. The summed E-state index contributed by atoms with van der Waals surface area (Å²) in [4.78, 5) is 9.71. The second-order valence-corrected chi connectivity index (χ2v) is 5.07. The Bertz CT molecular complexity index is 581. The maximum atomic E-state index is 5.35. The number of imidazole rings is 1. The van der Waals surface area contributed by atoms with Crippen molar-refractivity contribution in [2.24, 2.45) is 0 Å². The molecule has 0 unspecified atom stereocenters. The maximum Gasteiger partial charge on any atom is 0.178 e. The summed E-state index contributed by atoms with van der Waals surface area (Å²) in [5.41, 5.74) is 2.17. The van der Waals surface area contributed by atoms with E-state index in [1.165, 1.54) is 12.8 Å². The molecule has 0 bridgehead atoms. The van der Waals surface area contributed by atoms with E-state index in [1.807, 2.05) is 18.5 Å². The fourth-order valence-corrected chi connectivity index (χ4v) is 2.49. The molecule has 1 fully saturated rings. The van der Waals surface area contributed by atoms with Crippen molar-refractivity contribution in [2.75, 3.05) is 13.6 Å². The minimum atomic E-state index is 0.789. The number of aromatic nitrogens is 3. The summed E-state index contributed by atoms with van der Waals surface area (Å²) in [5, 5.41) is 0. The summed E-state index contributed by atoms with van der Waals surface area (Å²) in [7, 11) is 2.19. The molecule has 0 spiro atoms. The zero-order valence-electron chi connectivity index (χ0n) is 9.89. The molecule has 2 heterocycles. The van der Waals surface area contributed by atoms with Crippen molar-refractivity contribution in [3.05, 3.63) is 23.2 Å². The lowest BCUT2D eigenvalue weighted by atomic mass is 10.4. The van der Waals surface area contributed by atoms with E-state index in [0.717, 1.165) is 34.9 Å². The Morgan fingerprint density at radius 2 is 2.41 bits per heavy atom. The topological polar surface area (TPSA) is 36.9 Å². The van der Waals surface area contributed by atoms with Crippen molar-refractivity contribution in [1.29, 1.82) is 0 Å². The molecule has 1 N–H and O–H groups in total. The number of aromatic amines is 1. The van der Waals surface area contributed by atoms with Crippen LogP contribution in [0.3, 0.4) is 0 Å². The minimum Gasteiger partial charge on any atom is -0.329 e. The number of fused-ring (bicyclic) bond motifs is 1. The maximum absolute atomic E-state index is 5.35. The number of hydrogen-bond acceptors (Lipinski definition) is 3. The van der Waals surface area contributed by atoms with Crippen LogP contribution < -0.4 is 0 Å². The summed E-state index contributed by atoms with van der Waals surface area (Å²) in [6.07, 6.45) is 6.33. The van der Waals surface area contributed by atoms with E-state index in [2.05, 4.69) is 26.5 Å². The van der Waals surface area contributed by atoms with Crippen molar-refractivity contribution in [1.82, 2.24) is 19.4 Å². The van der Waals surface area contributed by atoms with Crippen molar-refractivity contribution >= 4 is 23.3 Å². The first-order valence-corrected chi connectivity index (χ1v) is 6.39. The van der Waals surface area contributed by atoms with Gasteiger partial charge in [0.05, 0.1) is 17.2 Å². The second-order valence-electron chi connectivity index (χ2n) is 4.69. The van der Waals surface area contributed by atoms with Gasteiger partial charge in [-0.05, 0) is 38.2 Å². The molecule has 0 amide bonds. The molecule has 1 saturated carbocycles. The lowest BCUT2D eigenvalue weighted by Gasteiger charge is -2.15. The van der Waals surface area contributed by atoms with E-state index in [4.69, 9.17) is 12.2 Å². The SMILES string of the molecule is CN(CCn1c(=S)[nH]c2cnccc21)C1CC1. The van der Waals surface area contributed by atoms with Crippen LogP contribution in [-0.2, 0) is 6.54 Å². The van der Waals surface area contributed by atoms with E-state index >= 15 is 0 Å². The van der Waals surface area contributed by atoms with Gasteiger partial charge in [-0.15, -0.1) is 0 Å². The molecular weight excluding hydrogens is 232 g/mol. The van der Waals surface area contributed by atoms with Gasteiger partial charge in [-0.1, -0.05) is 0 Å². The van der Waals surface area contributed by atoms with Gasteiger partial charge in [-0.2, -0.15) is 0 Å². The first-order valence-electron chi connectivity index (χ1n) is 5.98. The van der Waals surface area contributed by atoms with Gasteiger partial charge in [-0.3, -0.25) is 4.98 Å². The Morgan fingerprint density at radius 3 is 3.18 bits per heavy atom. The number of pyridine rings is 1. The van der Waals surface area contributed by atoms with E-state index < -0.39 is 0 Å². The molecule has 0 radical (unpaired) electrons. The molecule has 17 heavy (non-hydrogen) atoms. The third kappa shape index (κ3) is 2.12. The van der Waals surface area contributed by atoms with E-state index in [1.54, 1.807) is 0 Å². The quantitative estimate of drug-likeness (QED) is 0.843. The first kappa shape index (κ1) is 10.9. The highest BCUT2D eigenvalue weighted by Crippen LogP contribution is 2.25. The van der Waals surface area contributed by atoms with Crippen LogP contribution in [0.25, 0.3) is 11.0 Å². The average Bonchev–Trinajstić information content (AvgIpc) is 3.11. The lowest BCUT2D eigenvalue weighted by molar-refractivity contribution is 0.310. The van der Waals surface area contributed by atoms with Crippen molar-refractivity contribution in [3.8, 4) is 0 Å². The molecule has 0 saturated heterocycles. The average molecular weight is 248 g/mol. The highest BCUT2D eigenvalue weighted by Gasteiger charge is 2.25. The zero-order chi connectivity index (χ0) is 11.8. The van der Waals surface area contributed by atoms with Gasteiger partial charge >= 0.3 is 0 Å². The summed E-state index contributed by atoms with van der Waals surface area (Å²) in [6.45, 7) is 1.99. The van der Waals surface area contributed by atoms with Gasteiger partial charge in [0, 0.05) is 25.3 Å². The molecular formula is C12H16N4S. The molecule has 1 aliphatic rings. The number of hydrogen-bond donors (Lipinski definition) is 1. The van der Waals surface area contributed by atoms with Crippen LogP contribution in [0.15, 0.2) is 18.5 Å². The predicted octanol–water partition coefficient (Wildman–Crippen LogP) is 2.19. The van der Waals surface area contributed by atoms with Crippen molar-refractivity contribution in [2.45, 2.75) is 25.4 Å². The Labute approximate surface area is 105 Å². The minimum absolute atomic E-state index is 0.789. The number of likely N-dealkylation sites (N-methyl/N-ethyl adjacent to an activating group) is 1. The Hall–Kier alpha value is -1.20. The summed E-state index contributed by atoms with van der Waals surface area (Å²) in [5.74, 6) is 0. The normalized spacial score (nSPS) is 15.9. The van der Waals surface area contributed by atoms with Crippen LogP contribution in [0.1, 0.15) is 12.8 Å². The number of nitrogens with zero attached hydrogens (tertiary/aromatic N) is 3. The van der Waals surface area contributed by atoms with Gasteiger partial charge in [0.15, 0.2) is 4.77 Å². The second kappa shape index (κ2) is 4.23. The zero-order valence-corrected chi connectivity index (χ0v) is 10.7. The van der Waals surface area contributed by atoms with Crippen LogP contribution in [0.2, 0.25) is 0 Å². The van der Waals surface area contributed by atoms with E-state index in [9.17, 15) is 0 Å². The monoisotopic (exact) mass is 248 g/mol. The number of nitrogens with one attached hydrogen (secondary N) is 1. The Balaban J connectivity index is 1.83. The third-order valence-corrected chi connectivity index (χ3v) is 3.74. The fraction of sp³-hybridized carbons (Fsp3) is 0.500. The standard InChI is InChI=1S/C12H16N4S/c1-15(9-2-3-9)6-7-16-11-4-5-13-8-10(11)14-12(16)17/h4-5,8-9H,2-3,6-7H2,1H3,(H,14,17). The smallest absolute Gasteiger partial charge is 0.178 e. The highest BCUT2D eigenvalue weighted by atomic mass is 32.1. The van der Waals surface area contributed by atoms with Crippen LogP contribution in [-0.4, -0.2) is 39.1 Å². The van der Waals surface area contributed by atoms with Gasteiger partial charge in [0.25, 0.3) is 0 Å². The fourth-order valence-electron chi connectivity index (χ4n) is 2.19. The van der Waals surface area contributed by atoms with Crippen LogP contribution in [0, 0.1) is 4.77 Å². The molecule has 0 aromatic carbocycles. The molecule has 4 nitrogen and oxygen atoms in total. The largest absolute Gasteiger partial charge is 0.329 e. The summed E-state index contributed by atoms with van der Waals surface area (Å²) in [6, 6.07) is 2.81. The molecule has 90 valence electrons. The molecule has 1 aliphatic carbocycles. The Kier molecular flexibility index (Phi) is 2.72. The van der Waals surface area contributed by atoms with Gasteiger partial charge in [-0.25, -0.2) is 0 Å². The van der Waals surface area contributed by atoms with Crippen LogP contribution in [0.5, 0.6) is 0 Å². The molecule has 3 rings (SSSR count). The first-order chi connectivity index (χ1) is 8.25.